The molecule has 2 heterocycles. The van der Waals surface area contributed by atoms with E-state index in [9.17, 15) is 0 Å². The van der Waals surface area contributed by atoms with Crippen LogP contribution in [0, 0.1) is 5.92 Å². The van der Waals surface area contributed by atoms with Crippen LogP contribution in [-0.2, 0) is 22.6 Å². The van der Waals surface area contributed by atoms with Gasteiger partial charge in [-0.05, 0) is 58.3 Å². The summed E-state index contributed by atoms with van der Waals surface area (Å²) in [7, 11) is 0. The largest absolute Gasteiger partial charge is 0.396 e. The van der Waals surface area contributed by atoms with E-state index >= 15 is 0 Å². The van der Waals surface area contributed by atoms with Crippen molar-refractivity contribution in [2.24, 2.45) is 5.92 Å². The molecule has 23 heavy (non-hydrogen) atoms. The lowest BCUT2D eigenvalue weighted by molar-refractivity contribution is -0.0232. The van der Waals surface area contributed by atoms with Crippen LogP contribution in [0.15, 0.2) is 6.20 Å². The smallest absolute Gasteiger partial charge is 0.108 e. The summed E-state index contributed by atoms with van der Waals surface area (Å²) in [5.74, 6) is 0.464. The average molecular weight is 323 g/mol. The van der Waals surface area contributed by atoms with Crippen LogP contribution in [0.2, 0.25) is 0 Å². The van der Waals surface area contributed by atoms with Gasteiger partial charge in [0.1, 0.15) is 5.69 Å². The summed E-state index contributed by atoms with van der Waals surface area (Å²) in [6.45, 7) is 5.86. The molecule has 0 spiro atoms. The Morgan fingerprint density at radius 3 is 2.74 bits per heavy atom. The first-order valence-electron chi connectivity index (χ1n) is 8.83. The van der Waals surface area contributed by atoms with E-state index in [1.807, 2.05) is 10.9 Å². The minimum Gasteiger partial charge on any atom is -0.396 e. The van der Waals surface area contributed by atoms with E-state index in [0.29, 0.717) is 25.2 Å². The van der Waals surface area contributed by atoms with Crippen LogP contribution >= 0.6 is 0 Å². The zero-order valence-corrected chi connectivity index (χ0v) is 14.3. The fourth-order valence-corrected chi connectivity index (χ4v) is 3.59. The van der Waals surface area contributed by atoms with Gasteiger partial charge in [0.15, 0.2) is 0 Å². The highest BCUT2D eigenvalue weighted by molar-refractivity contribution is 4.91. The number of ether oxygens (including phenoxy) is 2. The second kappa shape index (κ2) is 7.28. The van der Waals surface area contributed by atoms with Crippen LogP contribution in [0.25, 0.3) is 0 Å². The van der Waals surface area contributed by atoms with Gasteiger partial charge in [-0.3, -0.25) is 0 Å². The third-order valence-corrected chi connectivity index (χ3v) is 5.05. The van der Waals surface area contributed by atoms with E-state index in [2.05, 4.69) is 24.2 Å². The van der Waals surface area contributed by atoms with E-state index in [4.69, 9.17) is 14.6 Å². The van der Waals surface area contributed by atoms with Crippen LogP contribution in [-0.4, -0.2) is 44.5 Å². The van der Waals surface area contributed by atoms with Gasteiger partial charge in [0.2, 0.25) is 0 Å². The molecule has 0 aromatic carbocycles. The van der Waals surface area contributed by atoms with E-state index in [-0.39, 0.29) is 11.7 Å². The molecule has 3 rings (SSSR count). The number of aliphatic hydroxyl groups is 1. The number of nitrogens with zero attached hydrogens (tertiary/aromatic N) is 3. The lowest BCUT2D eigenvalue weighted by Crippen LogP contribution is -2.23. The number of aromatic nitrogens is 3. The topological polar surface area (TPSA) is 69.4 Å². The molecule has 1 unspecified atom stereocenters. The summed E-state index contributed by atoms with van der Waals surface area (Å²) in [4.78, 5) is 0. The maximum atomic E-state index is 9.17. The predicted molar refractivity (Wildman–Crippen MR) is 85.8 cm³/mol. The molecule has 130 valence electrons. The van der Waals surface area contributed by atoms with Gasteiger partial charge in [0.05, 0.1) is 37.2 Å². The highest BCUT2D eigenvalue weighted by Gasteiger charge is 2.31. The Labute approximate surface area is 138 Å². The molecule has 1 aromatic heterocycles. The second-order valence-corrected chi connectivity index (χ2v) is 7.61. The Kier molecular flexibility index (Phi) is 5.34. The summed E-state index contributed by atoms with van der Waals surface area (Å²) in [6.07, 6.45) is 8.84. The number of hydrogen-bond donors (Lipinski definition) is 1. The molecule has 0 bridgehead atoms. The van der Waals surface area contributed by atoms with Gasteiger partial charge >= 0.3 is 0 Å². The van der Waals surface area contributed by atoms with Crippen LogP contribution < -0.4 is 0 Å². The first-order valence-corrected chi connectivity index (χ1v) is 8.83. The summed E-state index contributed by atoms with van der Waals surface area (Å²) < 4.78 is 13.8. The number of hydrogen-bond acceptors (Lipinski definition) is 5. The van der Waals surface area contributed by atoms with E-state index in [1.54, 1.807) is 0 Å². The van der Waals surface area contributed by atoms with Gasteiger partial charge in [-0.1, -0.05) is 5.21 Å². The van der Waals surface area contributed by atoms with Crippen LogP contribution in [0.3, 0.4) is 0 Å². The molecule has 2 aliphatic rings. The van der Waals surface area contributed by atoms with Crippen molar-refractivity contribution >= 4 is 0 Å². The molecule has 1 aromatic rings. The van der Waals surface area contributed by atoms with E-state index in [1.165, 1.54) is 0 Å². The van der Waals surface area contributed by atoms with Crippen LogP contribution in [0.4, 0.5) is 0 Å². The molecule has 1 saturated carbocycles. The van der Waals surface area contributed by atoms with Crippen molar-refractivity contribution in [3.63, 3.8) is 0 Å². The molecular formula is C17H29N3O3. The lowest BCUT2D eigenvalue weighted by Gasteiger charge is -2.27. The Bertz CT molecular complexity index is 495. The number of aliphatic hydroxyl groups excluding tert-OH is 1. The highest BCUT2D eigenvalue weighted by Crippen LogP contribution is 2.30. The Morgan fingerprint density at radius 2 is 2.09 bits per heavy atom. The SMILES string of the molecule is CC1(C)CCC(Cn2cc(COC3CCC(CO)CC3)nn2)O1. The molecule has 0 amide bonds. The molecule has 6 heteroatoms. The summed E-state index contributed by atoms with van der Waals surface area (Å²) >= 11 is 0. The second-order valence-electron chi connectivity index (χ2n) is 7.61. The molecule has 0 radical (unpaired) electrons. The van der Waals surface area contributed by atoms with Crippen molar-refractivity contribution < 1.29 is 14.6 Å². The minimum atomic E-state index is -0.00933. The van der Waals surface area contributed by atoms with Crippen LogP contribution in [0.5, 0.6) is 0 Å². The van der Waals surface area contributed by atoms with Crippen molar-refractivity contribution in [3.05, 3.63) is 11.9 Å². The normalized spacial score (nSPS) is 30.7. The molecule has 1 N–H and O–H groups in total. The van der Waals surface area contributed by atoms with Crippen molar-refractivity contribution in [1.82, 2.24) is 15.0 Å². The fraction of sp³-hybridized carbons (Fsp3) is 0.882. The summed E-state index contributed by atoms with van der Waals surface area (Å²) in [5.41, 5.74) is 0.872. The van der Waals surface area contributed by atoms with Crippen LogP contribution in [0.1, 0.15) is 58.1 Å². The maximum Gasteiger partial charge on any atom is 0.108 e. The highest BCUT2D eigenvalue weighted by atomic mass is 16.5. The quantitative estimate of drug-likeness (QED) is 0.870. The summed E-state index contributed by atoms with van der Waals surface area (Å²) in [5, 5.41) is 17.6. The van der Waals surface area contributed by atoms with Gasteiger partial charge in [0, 0.05) is 6.61 Å². The van der Waals surface area contributed by atoms with Gasteiger partial charge in [-0.25, -0.2) is 4.68 Å². The molecule has 1 aliphatic carbocycles. The molecule has 1 atom stereocenters. The molecule has 6 nitrogen and oxygen atoms in total. The van der Waals surface area contributed by atoms with Crippen molar-refractivity contribution in [2.75, 3.05) is 6.61 Å². The Hall–Kier alpha value is -0.980. The maximum absolute atomic E-state index is 9.17. The third kappa shape index (κ3) is 4.75. The first-order chi connectivity index (χ1) is 11.0. The third-order valence-electron chi connectivity index (χ3n) is 5.05. The molecular weight excluding hydrogens is 294 g/mol. The van der Waals surface area contributed by atoms with Crippen molar-refractivity contribution in [3.8, 4) is 0 Å². The Morgan fingerprint density at radius 1 is 1.30 bits per heavy atom. The van der Waals surface area contributed by atoms with E-state index in [0.717, 1.165) is 50.8 Å². The molecule has 2 fully saturated rings. The Balaban J connectivity index is 1.41. The number of rotatable bonds is 6. The monoisotopic (exact) mass is 323 g/mol. The van der Waals surface area contributed by atoms with Crippen molar-refractivity contribution in [1.29, 1.82) is 0 Å². The fourth-order valence-electron chi connectivity index (χ4n) is 3.59. The lowest BCUT2D eigenvalue weighted by atomic mass is 9.88. The average Bonchev–Trinajstić information content (AvgIpc) is 3.12. The molecule has 1 aliphatic heterocycles. The van der Waals surface area contributed by atoms with Gasteiger partial charge in [-0.2, -0.15) is 0 Å². The zero-order valence-electron chi connectivity index (χ0n) is 14.3. The first kappa shape index (κ1) is 16.9. The molecule has 1 saturated heterocycles. The van der Waals surface area contributed by atoms with E-state index < -0.39 is 0 Å². The summed E-state index contributed by atoms with van der Waals surface area (Å²) in [6, 6.07) is 0. The van der Waals surface area contributed by atoms with Gasteiger partial charge in [-0.15, -0.1) is 5.10 Å². The van der Waals surface area contributed by atoms with Crippen molar-refractivity contribution in [2.45, 2.75) is 83.3 Å². The predicted octanol–water partition coefficient (Wildman–Crippen LogP) is 2.30. The van der Waals surface area contributed by atoms with Gasteiger partial charge < -0.3 is 14.6 Å². The minimum absolute atomic E-state index is 0.00933. The zero-order chi connectivity index (χ0) is 16.3. The standard InChI is InChI=1S/C17H29N3O3/c1-17(2)8-7-16(23-17)10-20-9-14(18-19-20)12-22-15-5-3-13(11-21)4-6-15/h9,13,15-16,21H,3-8,10-12H2,1-2H3. The van der Waals surface area contributed by atoms with Gasteiger partial charge in [0.25, 0.3) is 0 Å².